The molecule has 0 saturated heterocycles. The third kappa shape index (κ3) is 24.9. The molecule has 3 heteroatoms. The molecule has 2 N–H and O–H groups in total. The first kappa shape index (κ1) is 27.9. The molecule has 0 aliphatic rings. The van der Waals surface area contributed by atoms with Crippen molar-refractivity contribution in [3.8, 4) is 0 Å². The summed E-state index contributed by atoms with van der Waals surface area (Å²) in [6.45, 7) is 2.26. The second-order valence-electron chi connectivity index (χ2n) is 8.39. The average Bonchev–Trinajstić information content (AvgIpc) is 2.70. The number of carboxylic acid groups (broad SMARTS) is 1. The van der Waals surface area contributed by atoms with Crippen molar-refractivity contribution in [1.29, 1.82) is 0 Å². The van der Waals surface area contributed by atoms with Gasteiger partial charge in [0, 0.05) is 6.42 Å². The summed E-state index contributed by atoms with van der Waals surface area (Å²) in [6, 6.07) is 0. The van der Waals surface area contributed by atoms with Crippen LogP contribution in [0.2, 0.25) is 0 Å². The Morgan fingerprint density at radius 2 is 1.28 bits per heavy atom. The topological polar surface area (TPSA) is 57.5 Å². The van der Waals surface area contributed by atoms with Crippen LogP contribution in [0.4, 0.5) is 0 Å². The molecule has 0 aromatic heterocycles. The van der Waals surface area contributed by atoms with Gasteiger partial charge in [-0.25, -0.2) is 0 Å². The average molecular weight is 409 g/mol. The van der Waals surface area contributed by atoms with E-state index in [0.29, 0.717) is 6.42 Å². The summed E-state index contributed by atoms with van der Waals surface area (Å²) in [5, 5.41) is 18.6. The van der Waals surface area contributed by atoms with Crippen LogP contribution in [0, 0.1) is 0 Å². The molecule has 0 spiro atoms. The molecule has 0 saturated carbocycles. The van der Waals surface area contributed by atoms with Crippen molar-refractivity contribution in [2.75, 3.05) is 0 Å². The molecule has 0 radical (unpaired) electrons. The molecule has 3 nitrogen and oxygen atoms in total. The van der Waals surface area contributed by atoms with Crippen LogP contribution in [-0.2, 0) is 4.79 Å². The summed E-state index contributed by atoms with van der Waals surface area (Å²) >= 11 is 0. The second kappa shape index (κ2) is 23.2. The first-order valence-electron chi connectivity index (χ1n) is 12.4. The van der Waals surface area contributed by atoms with Crippen molar-refractivity contribution in [2.45, 2.75) is 135 Å². The molecule has 1 unspecified atom stereocenters. The first-order valence-corrected chi connectivity index (χ1v) is 12.4. The zero-order valence-electron chi connectivity index (χ0n) is 19.1. The van der Waals surface area contributed by atoms with Gasteiger partial charge in [-0.3, -0.25) is 4.79 Å². The lowest BCUT2D eigenvalue weighted by Crippen LogP contribution is -2.04. The molecule has 29 heavy (non-hydrogen) atoms. The fourth-order valence-electron chi connectivity index (χ4n) is 3.52. The third-order valence-corrected chi connectivity index (χ3v) is 5.42. The van der Waals surface area contributed by atoms with E-state index >= 15 is 0 Å². The van der Waals surface area contributed by atoms with Crippen molar-refractivity contribution < 1.29 is 15.0 Å². The Kier molecular flexibility index (Phi) is 22.3. The molecule has 0 amide bonds. The predicted octanol–water partition coefficient (Wildman–Crippen LogP) is 7.98. The maximum Gasteiger partial charge on any atom is 0.303 e. The predicted molar refractivity (Wildman–Crippen MR) is 125 cm³/mol. The van der Waals surface area contributed by atoms with Gasteiger partial charge >= 0.3 is 5.97 Å². The van der Waals surface area contributed by atoms with Gasteiger partial charge < -0.3 is 10.2 Å². The zero-order chi connectivity index (χ0) is 21.4. The Bertz CT molecular complexity index is 401. The van der Waals surface area contributed by atoms with E-state index in [9.17, 15) is 9.90 Å². The molecule has 0 aromatic rings. The van der Waals surface area contributed by atoms with Gasteiger partial charge in [-0.05, 0) is 38.5 Å². The molecule has 0 aliphatic heterocycles. The van der Waals surface area contributed by atoms with E-state index in [2.05, 4.69) is 31.2 Å². The number of carboxylic acids is 1. The van der Waals surface area contributed by atoms with Crippen LogP contribution in [0.1, 0.15) is 129 Å². The van der Waals surface area contributed by atoms with Gasteiger partial charge in [0.25, 0.3) is 0 Å². The van der Waals surface area contributed by atoms with Crippen molar-refractivity contribution in [2.24, 2.45) is 0 Å². The summed E-state index contributed by atoms with van der Waals surface area (Å²) in [6.07, 6.45) is 29.9. The van der Waals surface area contributed by atoms with Crippen LogP contribution < -0.4 is 0 Å². The van der Waals surface area contributed by atoms with Crippen LogP contribution in [-0.4, -0.2) is 22.3 Å². The number of hydrogen-bond acceptors (Lipinski definition) is 2. The van der Waals surface area contributed by atoms with Crippen LogP contribution in [0.25, 0.3) is 0 Å². The first-order chi connectivity index (χ1) is 14.2. The summed E-state index contributed by atoms with van der Waals surface area (Å²) in [5.41, 5.74) is 0. The summed E-state index contributed by atoms with van der Waals surface area (Å²) in [4.78, 5) is 10.4. The Balaban J connectivity index is 3.33. The van der Waals surface area contributed by atoms with Crippen LogP contribution in [0.3, 0.4) is 0 Å². The van der Waals surface area contributed by atoms with Crippen molar-refractivity contribution in [3.63, 3.8) is 0 Å². The molecule has 0 heterocycles. The second-order valence-corrected chi connectivity index (χ2v) is 8.39. The van der Waals surface area contributed by atoms with Gasteiger partial charge in [-0.15, -0.1) is 0 Å². The molecule has 0 aromatic carbocycles. The summed E-state index contributed by atoms with van der Waals surface area (Å²) in [5.74, 6) is -0.687. The third-order valence-electron chi connectivity index (χ3n) is 5.42. The fourth-order valence-corrected chi connectivity index (χ4v) is 3.52. The van der Waals surface area contributed by atoms with E-state index < -0.39 is 5.97 Å². The maximum atomic E-state index is 10.4. The fraction of sp³-hybridized carbons (Fsp3) is 0.808. The molecule has 0 fully saturated rings. The van der Waals surface area contributed by atoms with E-state index in [1.165, 1.54) is 70.6 Å². The minimum Gasteiger partial charge on any atom is -0.481 e. The highest BCUT2D eigenvalue weighted by atomic mass is 16.4. The summed E-state index contributed by atoms with van der Waals surface area (Å²) < 4.78 is 0. The Hall–Kier alpha value is -1.09. The van der Waals surface area contributed by atoms with E-state index in [1.54, 1.807) is 0 Å². The van der Waals surface area contributed by atoms with Crippen LogP contribution in [0.5, 0.6) is 0 Å². The molecule has 0 bridgehead atoms. The monoisotopic (exact) mass is 408 g/mol. The van der Waals surface area contributed by atoms with Gasteiger partial charge in [0.1, 0.15) is 0 Å². The smallest absolute Gasteiger partial charge is 0.303 e. The SMILES string of the molecule is CCCCCCCCCC=CCC=CCC(O)CCCCCCCCCC(=O)O. The Morgan fingerprint density at radius 1 is 0.724 bits per heavy atom. The van der Waals surface area contributed by atoms with E-state index in [4.69, 9.17) is 5.11 Å². The molecule has 0 rings (SSSR count). The quantitative estimate of drug-likeness (QED) is 0.141. The van der Waals surface area contributed by atoms with Crippen LogP contribution >= 0.6 is 0 Å². The summed E-state index contributed by atoms with van der Waals surface area (Å²) in [7, 11) is 0. The Morgan fingerprint density at radius 3 is 1.93 bits per heavy atom. The number of carbonyl (C=O) groups is 1. The van der Waals surface area contributed by atoms with Crippen molar-refractivity contribution >= 4 is 5.97 Å². The lowest BCUT2D eigenvalue weighted by molar-refractivity contribution is -0.137. The molecule has 1 atom stereocenters. The standard InChI is InChI=1S/C26H48O3/c1-2-3-4-5-6-7-8-9-10-11-13-16-19-22-25(27)23-20-17-14-12-15-18-21-24-26(28)29/h10-11,16,19,25,27H,2-9,12-15,17-18,20-24H2,1H3,(H,28,29). The maximum absolute atomic E-state index is 10.4. The minimum atomic E-state index is -0.687. The van der Waals surface area contributed by atoms with E-state index in [1.807, 2.05) is 0 Å². The molecular weight excluding hydrogens is 360 g/mol. The van der Waals surface area contributed by atoms with Crippen LogP contribution in [0.15, 0.2) is 24.3 Å². The minimum absolute atomic E-state index is 0.210. The van der Waals surface area contributed by atoms with E-state index in [-0.39, 0.29) is 6.10 Å². The Labute approximate surface area is 180 Å². The number of aliphatic hydroxyl groups excluding tert-OH is 1. The number of unbranched alkanes of at least 4 members (excludes halogenated alkanes) is 13. The zero-order valence-corrected chi connectivity index (χ0v) is 19.1. The molecule has 170 valence electrons. The van der Waals surface area contributed by atoms with Gasteiger partial charge in [0.2, 0.25) is 0 Å². The lowest BCUT2D eigenvalue weighted by atomic mass is 10.0. The molecule has 0 aliphatic carbocycles. The highest BCUT2D eigenvalue weighted by Gasteiger charge is 2.01. The van der Waals surface area contributed by atoms with Crippen molar-refractivity contribution in [3.05, 3.63) is 24.3 Å². The van der Waals surface area contributed by atoms with Gasteiger partial charge in [0.05, 0.1) is 6.10 Å². The lowest BCUT2D eigenvalue weighted by Gasteiger charge is -2.07. The van der Waals surface area contributed by atoms with Gasteiger partial charge in [0.15, 0.2) is 0 Å². The van der Waals surface area contributed by atoms with Gasteiger partial charge in [-0.1, -0.05) is 108 Å². The number of aliphatic hydroxyl groups is 1. The highest BCUT2D eigenvalue weighted by molar-refractivity contribution is 5.66. The van der Waals surface area contributed by atoms with Crippen molar-refractivity contribution in [1.82, 2.24) is 0 Å². The largest absolute Gasteiger partial charge is 0.481 e. The number of hydrogen-bond donors (Lipinski definition) is 2. The number of allylic oxidation sites excluding steroid dienone is 3. The molecular formula is C26H48O3. The van der Waals surface area contributed by atoms with Gasteiger partial charge in [-0.2, -0.15) is 0 Å². The number of rotatable bonds is 22. The number of aliphatic carboxylic acids is 1. The van der Waals surface area contributed by atoms with E-state index in [0.717, 1.165) is 44.9 Å². The highest BCUT2D eigenvalue weighted by Crippen LogP contribution is 2.12. The normalized spacial score (nSPS) is 12.9.